The highest BCUT2D eigenvalue weighted by Crippen LogP contribution is 2.48. The van der Waals surface area contributed by atoms with Gasteiger partial charge in [-0.05, 0) is 60.7 Å². The maximum absolute atomic E-state index is 12.7. The molecule has 0 atom stereocenters. The Hall–Kier alpha value is -2.89. The number of hydrogen-bond donors (Lipinski definition) is 0. The predicted octanol–water partition coefficient (Wildman–Crippen LogP) is 6.30. The van der Waals surface area contributed by atoms with E-state index < -0.39 is 9.84 Å². The Balaban J connectivity index is 1.61. The summed E-state index contributed by atoms with van der Waals surface area (Å²) >= 11 is 0. The van der Waals surface area contributed by atoms with Gasteiger partial charge in [-0.25, -0.2) is 8.42 Å². The number of thiophene rings is 1. The zero-order chi connectivity index (χ0) is 19.1. The highest BCUT2D eigenvalue weighted by molar-refractivity contribution is 7.90. The molecule has 0 saturated heterocycles. The van der Waals surface area contributed by atoms with Crippen molar-refractivity contribution in [3.63, 3.8) is 0 Å². The number of hydrogen-bond acceptors (Lipinski definition) is 3. The summed E-state index contributed by atoms with van der Waals surface area (Å²) in [5.74, 6) is 0.320. The summed E-state index contributed by atoms with van der Waals surface area (Å²) < 4.78 is 33.1. The number of furan rings is 1. The second-order valence-corrected chi connectivity index (χ2v) is 10.6. The van der Waals surface area contributed by atoms with Crippen LogP contribution in [0.5, 0.6) is 0 Å². The van der Waals surface area contributed by atoms with Crippen molar-refractivity contribution < 1.29 is 12.8 Å². The van der Waals surface area contributed by atoms with E-state index in [1.807, 2.05) is 12.1 Å². The summed E-state index contributed by atoms with van der Waals surface area (Å²) in [4.78, 5) is 1.44. The molecule has 5 rings (SSSR count). The number of rotatable bonds is 4. The van der Waals surface area contributed by atoms with Crippen LogP contribution in [0.25, 0.3) is 25.1 Å². The fourth-order valence-electron chi connectivity index (χ4n) is 3.56. The lowest BCUT2D eigenvalue weighted by atomic mass is 10.2. The Kier molecular flexibility index (Phi) is 4.07. The number of fused-ring (bicyclic) bond motifs is 3. The van der Waals surface area contributed by atoms with Crippen LogP contribution >= 0.6 is 10.5 Å². The molecule has 3 nitrogen and oxygen atoms in total. The van der Waals surface area contributed by atoms with Gasteiger partial charge in [0.25, 0.3) is 0 Å². The van der Waals surface area contributed by atoms with Crippen LogP contribution in [0, 0.1) is 0 Å². The molecule has 28 heavy (non-hydrogen) atoms. The lowest BCUT2D eigenvalue weighted by molar-refractivity contribution is 0.520. The molecule has 0 amide bonds. The van der Waals surface area contributed by atoms with E-state index in [-0.39, 0.29) is 16.2 Å². The van der Waals surface area contributed by atoms with Crippen molar-refractivity contribution in [1.82, 2.24) is 0 Å². The van der Waals surface area contributed by atoms with E-state index in [1.165, 1.54) is 26.4 Å². The van der Waals surface area contributed by atoms with Crippen molar-refractivity contribution in [3.8, 4) is 4.90 Å². The highest BCUT2D eigenvalue weighted by Gasteiger charge is 2.24. The molecule has 0 bridgehead atoms. The van der Waals surface area contributed by atoms with Gasteiger partial charge in [-0.2, -0.15) is 0 Å². The minimum atomic E-state index is -3.44. The van der Waals surface area contributed by atoms with Gasteiger partial charge in [0.1, 0.15) is 11.5 Å². The fraction of sp³-hybridized carbons (Fsp3) is 0.0435. The standard InChI is InChI=1S/C23H17O3S2/c24-28(25,16-17-6-5-15-26-17)19-13-11-18(12-14-19)27-22-9-3-1-7-20(22)21-8-2-4-10-23(21)27/h1-15H,16H2/q+1. The van der Waals surface area contributed by atoms with E-state index >= 15 is 0 Å². The summed E-state index contributed by atoms with van der Waals surface area (Å²) in [6, 6.07) is 27.6. The van der Waals surface area contributed by atoms with Crippen molar-refractivity contribution in [2.75, 3.05) is 0 Å². The first kappa shape index (κ1) is 17.2. The molecule has 138 valence electrons. The van der Waals surface area contributed by atoms with E-state index in [2.05, 4.69) is 48.5 Å². The topological polar surface area (TPSA) is 47.3 Å². The normalized spacial score (nSPS) is 12.0. The van der Waals surface area contributed by atoms with Gasteiger partial charge in [0.2, 0.25) is 0 Å². The number of benzene rings is 3. The first-order chi connectivity index (χ1) is 13.6. The van der Waals surface area contributed by atoms with Gasteiger partial charge in [0.05, 0.1) is 11.2 Å². The Morgan fingerprint density at radius 3 is 1.89 bits per heavy atom. The molecule has 0 aliphatic carbocycles. The quantitative estimate of drug-likeness (QED) is 0.330. The third-order valence-electron chi connectivity index (χ3n) is 4.84. The van der Waals surface area contributed by atoms with Crippen LogP contribution in [0.1, 0.15) is 5.76 Å². The molecule has 2 aromatic heterocycles. The average Bonchev–Trinajstić information content (AvgIpc) is 3.33. The zero-order valence-corrected chi connectivity index (χ0v) is 16.5. The smallest absolute Gasteiger partial charge is 0.187 e. The van der Waals surface area contributed by atoms with Crippen LogP contribution < -0.4 is 0 Å². The molecular weight excluding hydrogens is 388 g/mol. The zero-order valence-electron chi connectivity index (χ0n) is 14.9. The molecule has 0 unspecified atom stereocenters. The monoisotopic (exact) mass is 405 g/mol. The molecule has 0 spiro atoms. The predicted molar refractivity (Wildman–Crippen MR) is 115 cm³/mol. The summed E-state index contributed by atoms with van der Waals surface area (Å²) in [5.41, 5.74) is 0. The summed E-state index contributed by atoms with van der Waals surface area (Å²) in [6.45, 7) is 0. The Morgan fingerprint density at radius 2 is 1.32 bits per heavy atom. The minimum absolute atomic E-state index is 0.128. The van der Waals surface area contributed by atoms with Crippen molar-refractivity contribution in [2.24, 2.45) is 0 Å². The molecule has 0 aliphatic heterocycles. The first-order valence-corrected chi connectivity index (χ1v) is 11.8. The SMILES string of the molecule is O=S(=O)(Cc1ccco1)c1ccc(-[s+]2c3ccccc3c3ccccc32)cc1. The molecule has 0 fully saturated rings. The maximum atomic E-state index is 12.7. The second-order valence-electron chi connectivity index (χ2n) is 6.61. The first-order valence-electron chi connectivity index (χ1n) is 8.91. The maximum Gasteiger partial charge on any atom is 0.187 e. The largest absolute Gasteiger partial charge is 0.468 e. The lowest BCUT2D eigenvalue weighted by Gasteiger charge is -2.02. The molecule has 3 aromatic carbocycles. The molecule has 0 aliphatic rings. The number of sulfone groups is 1. The van der Waals surface area contributed by atoms with Crippen molar-refractivity contribution >= 4 is 40.5 Å². The third kappa shape index (κ3) is 2.84. The van der Waals surface area contributed by atoms with Crippen LogP contribution in [0.15, 0.2) is 101 Å². The molecule has 0 saturated carbocycles. The van der Waals surface area contributed by atoms with Crippen molar-refractivity contribution in [1.29, 1.82) is 0 Å². The molecule has 0 N–H and O–H groups in total. The van der Waals surface area contributed by atoms with E-state index in [0.717, 1.165) is 4.90 Å². The van der Waals surface area contributed by atoms with Crippen LogP contribution in [-0.2, 0) is 15.6 Å². The van der Waals surface area contributed by atoms with Gasteiger partial charge in [0, 0.05) is 21.2 Å². The van der Waals surface area contributed by atoms with Gasteiger partial charge in [-0.1, -0.05) is 24.3 Å². The second kappa shape index (κ2) is 6.62. The average molecular weight is 406 g/mol. The van der Waals surface area contributed by atoms with Crippen molar-refractivity contribution in [3.05, 3.63) is 97.0 Å². The van der Waals surface area contributed by atoms with Gasteiger partial charge in [0.15, 0.2) is 24.1 Å². The van der Waals surface area contributed by atoms with Crippen LogP contribution in [0.4, 0.5) is 0 Å². The molecule has 2 heterocycles. The molecule has 5 aromatic rings. The van der Waals surface area contributed by atoms with Gasteiger partial charge in [-0.15, -0.1) is 0 Å². The van der Waals surface area contributed by atoms with Gasteiger partial charge >= 0.3 is 0 Å². The Bertz CT molecular complexity index is 1320. The van der Waals surface area contributed by atoms with E-state index in [9.17, 15) is 8.42 Å². The lowest BCUT2D eigenvalue weighted by Crippen LogP contribution is -2.03. The molecule has 0 radical (unpaired) electrons. The van der Waals surface area contributed by atoms with E-state index in [1.54, 1.807) is 24.3 Å². The van der Waals surface area contributed by atoms with Crippen LogP contribution in [-0.4, -0.2) is 8.42 Å². The Labute approximate surface area is 165 Å². The minimum Gasteiger partial charge on any atom is -0.468 e. The molecule has 5 heteroatoms. The Morgan fingerprint density at radius 1 is 0.714 bits per heavy atom. The van der Waals surface area contributed by atoms with E-state index in [4.69, 9.17) is 4.42 Å². The summed E-state index contributed by atoms with van der Waals surface area (Å²) in [6.07, 6.45) is 1.49. The molecular formula is C23H17O3S2+. The summed E-state index contributed by atoms with van der Waals surface area (Å²) in [7, 11) is -3.66. The van der Waals surface area contributed by atoms with Crippen LogP contribution in [0.3, 0.4) is 0 Å². The highest BCUT2D eigenvalue weighted by atomic mass is 32.2. The van der Waals surface area contributed by atoms with Crippen molar-refractivity contribution in [2.45, 2.75) is 10.6 Å². The van der Waals surface area contributed by atoms with Crippen LogP contribution in [0.2, 0.25) is 0 Å². The fourth-order valence-corrected chi connectivity index (χ4v) is 7.19. The van der Waals surface area contributed by atoms with Gasteiger partial charge in [-0.3, -0.25) is 0 Å². The van der Waals surface area contributed by atoms with E-state index in [0.29, 0.717) is 10.7 Å². The third-order valence-corrected chi connectivity index (χ3v) is 8.83. The summed E-state index contributed by atoms with van der Waals surface area (Å²) in [5, 5.41) is 2.52. The van der Waals surface area contributed by atoms with Gasteiger partial charge < -0.3 is 4.42 Å².